The van der Waals surface area contributed by atoms with Crippen LogP contribution in [0.4, 0.5) is 0 Å². The zero-order valence-electron chi connectivity index (χ0n) is 15.6. The van der Waals surface area contributed by atoms with Gasteiger partial charge in [-0.1, -0.05) is 38.4 Å². The summed E-state index contributed by atoms with van der Waals surface area (Å²) in [6.45, 7) is 11.7. The predicted molar refractivity (Wildman–Crippen MR) is 101 cm³/mol. The lowest BCUT2D eigenvalue weighted by Crippen LogP contribution is -2.42. The molecule has 5 heteroatoms. The molecular formula is C20H28O4Si. The minimum Gasteiger partial charge on any atom is -0.497 e. The summed E-state index contributed by atoms with van der Waals surface area (Å²) in [4.78, 5) is 0. The van der Waals surface area contributed by atoms with Crippen molar-refractivity contribution in [2.75, 3.05) is 13.7 Å². The molecule has 1 aromatic carbocycles. The number of fused-ring (bicyclic) bond motifs is 1. The lowest BCUT2D eigenvalue weighted by Gasteiger charge is -2.36. The van der Waals surface area contributed by atoms with Gasteiger partial charge in [0.25, 0.3) is 0 Å². The van der Waals surface area contributed by atoms with Crippen molar-refractivity contribution in [3.8, 4) is 5.75 Å². The Morgan fingerprint density at radius 2 is 1.88 bits per heavy atom. The lowest BCUT2D eigenvalue weighted by atomic mass is 10.1. The Kier molecular flexibility index (Phi) is 5.37. The molecule has 0 aromatic heterocycles. The maximum Gasteiger partial charge on any atom is 0.184 e. The van der Waals surface area contributed by atoms with E-state index in [1.807, 2.05) is 24.3 Å². The van der Waals surface area contributed by atoms with E-state index in [2.05, 4.69) is 32.3 Å². The van der Waals surface area contributed by atoms with E-state index in [1.165, 1.54) is 0 Å². The maximum atomic E-state index is 6.25. The van der Waals surface area contributed by atoms with Crippen LogP contribution in [-0.2, 0) is 14.2 Å². The zero-order valence-corrected chi connectivity index (χ0v) is 16.6. The van der Waals surface area contributed by atoms with Crippen LogP contribution in [0.5, 0.6) is 5.75 Å². The molecule has 1 aromatic rings. The predicted octanol–water partition coefficient (Wildman–Crippen LogP) is 4.61. The van der Waals surface area contributed by atoms with Gasteiger partial charge >= 0.3 is 0 Å². The first-order valence-corrected chi connectivity index (χ1v) is 12.4. The largest absolute Gasteiger partial charge is 0.497 e. The molecule has 0 saturated carbocycles. The molecule has 2 aliphatic rings. The third-order valence-electron chi connectivity index (χ3n) is 4.77. The summed E-state index contributed by atoms with van der Waals surface area (Å²) in [5.74, 6) is 1.77. The molecule has 0 N–H and O–H groups in total. The van der Waals surface area contributed by atoms with Crippen LogP contribution in [0.1, 0.15) is 24.7 Å². The van der Waals surface area contributed by atoms with Crippen molar-refractivity contribution in [2.24, 2.45) is 0 Å². The van der Waals surface area contributed by atoms with Gasteiger partial charge in [-0.2, -0.15) is 0 Å². The Bertz CT molecular complexity index is 645. The van der Waals surface area contributed by atoms with Gasteiger partial charge in [0.2, 0.25) is 0 Å². The van der Waals surface area contributed by atoms with Gasteiger partial charge in [-0.15, -0.1) is 0 Å². The van der Waals surface area contributed by atoms with Crippen molar-refractivity contribution in [3.05, 3.63) is 53.4 Å². The van der Waals surface area contributed by atoms with E-state index in [1.54, 1.807) is 7.11 Å². The number of hydrogen-bond acceptors (Lipinski definition) is 4. The molecule has 0 radical (unpaired) electrons. The number of rotatable bonds is 4. The number of benzene rings is 1. The van der Waals surface area contributed by atoms with E-state index in [0.29, 0.717) is 6.61 Å². The molecule has 3 rings (SSSR count). The molecule has 25 heavy (non-hydrogen) atoms. The third-order valence-corrected chi connectivity index (χ3v) is 6.83. The summed E-state index contributed by atoms with van der Waals surface area (Å²) in [7, 11) is 0.178. The molecule has 0 amide bonds. The Labute approximate surface area is 151 Å². The molecule has 4 nitrogen and oxygen atoms in total. The molecule has 1 saturated heterocycles. The molecule has 2 heterocycles. The van der Waals surface area contributed by atoms with Gasteiger partial charge in [0, 0.05) is 5.56 Å². The number of allylic oxidation sites excluding steroid dienone is 2. The minimum absolute atomic E-state index is 0.0315. The summed E-state index contributed by atoms with van der Waals surface area (Å²) in [6.07, 6.45) is 3.65. The van der Waals surface area contributed by atoms with E-state index in [4.69, 9.17) is 18.9 Å². The highest BCUT2D eigenvalue weighted by Crippen LogP contribution is 2.35. The summed E-state index contributed by atoms with van der Waals surface area (Å²) in [6, 6.07) is 7.82. The highest BCUT2D eigenvalue weighted by molar-refractivity contribution is 6.83. The van der Waals surface area contributed by atoms with Gasteiger partial charge in [-0.25, -0.2) is 0 Å². The monoisotopic (exact) mass is 360 g/mol. The first-order valence-electron chi connectivity index (χ1n) is 8.86. The quantitative estimate of drug-likeness (QED) is 0.735. The van der Waals surface area contributed by atoms with Crippen LogP contribution in [-0.4, -0.2) is 34.0 Å². The number of ether oxygens (including phenoxy) is 4. The Hall–Kier alpha value is -1.56. The second kappa shape index (κ2) is 7.36. The molecule has 136 valence electrons. The minimum atomic E-state index is -1.48. The average Bonchev–Trinajstić information content (AvgIpc) is 2.82. The summed E-state index contributed by atoms with van der Waals surface area (Å²) < 4.78 is 23.6. The molecular weight excluding hydrogens is 332 g/mol. The molecule has 0 unspecified atom stereocenters. The van der Waals surface area contributed by atoms with E-state index < -0.39 is 8.07 Å². The van der Waals surface area contributed by atoms with Crippen LogP contribution in [0.3, 0.4) is 0 Å². The second-order valence-electron chi connectivity index (χ2n) is 7.64. The summed E-state index contributed by atoms with van der Waals surface area (Å²) >= 11 is 0. The zero-order chi connectivity index (χ0) is 18.0. The molecule has 0 aliphatic carbocycles. The first-order chi connectivity index (χ1) is 11.9. The Balaban J connectivity index is 1.67. The van der Waals surface area contributed by atoms with Crippen LogP contribution in [0.15, 0.2) is 47.9 Å². The van der Waals surface area contributed by atoms with Gasteiger partial charge in [-0.05, 0) is 36.2 Å². The summed E-state index contributed by atoms with van der Waals surface area (Å²) in [5.41, 5.74) is 1.00. The molecule has 1 fully saturated rings. The van der Waals surface area contributed by atoms with Gasteiger partial charge in [0.15, 0.2) is 6.29 Å². The van der Waals surface area contributed by atoms with Crippen LogP contribution in [0.2, 0.25) is 19.6 Å². The van der Waals surface area contributed by atoms with Gasteiger partial charge in [-0.3, -0.25) is 0 Å². The molecule has 0 bridgehead atoms. The van der Waals surface area contributed by atoms with Crippen molar-refractivity contribution in [2.45, 2.75) is 51.0 Å². The number of hydrogen-bond donors (Lipinski definition) is 0. The Morgan fingerprint density at radius 1 is 1.16 bits per heavy atom. The van der Waals surface area contributed by atoms with Gasteiger partial charge < -0.3 is 18.9 Å². The molecule has 0 spiro atoms. The average molecular weight is 361 g/mol. The second-order valence-corrected chi connectivity index (χ2v) is 12.7. The Morgan fingerprint density at radius 3 is 2.52 bits per heavy atom. The summed E-state index contributed by atoms with van der Waals surface area (Å²) in [5, 5.41) is 1.16. The van der Waals surface area contributed by atoms with Gasteiger partial charge in [0.05, 0.1) is 21.8 Å². The van der Waals surface area contributed by atoms with Gasteiger partial charge in [0.1, 0.15) is 23.7 Å². The fourth-order valence-electron chi connectivity index (χ4n) is 3.03. The van der Waals surface area contributed by atoms with Crippen molar-refractivity contribution < 1.29 is 18.9 Å². The normalized spacial score (nSPS) is 26.7. The van der Waals surface area contributed by atoms with Crippen LogP contribution < -0.4 is 4.74 Å². The molecule has 2 aliphatic heterocycles. The standard InChI is InChI=1S/C20H28O4Si/c1-14(25(3,4)5)17-7-6-8-18-19(23-17)13-22-20(24-18)15-9-11-16(21-2)12-10-15/h7,9-12,18-20H,1,6,8,13H2,2-5H3/t18-,19+,20+/m0/s1. The van der Waals surface area contributed by atoms with Crippen molar-refractivity contribution in [3.63, 3.8) is 0 Å². The van der Waals surface area contributed by atoms with E-state index in [-0.39, 0.29) is 18.5 Å². The highest BCUT2D eigenvalue weighted by Gasteiger charge is 2.36. The fourth-order valence-corrected chi connectivity index (χ4v) is 3.93. The van der Waals surface area contributed by atoms with E-state index in [0.717, 1.165) is 35.1 Å². The SMILES string of the molecule is C=C(C1=CCC[C@@H]2O[C@H](c3ccc(OC)cc3)OC[C@H]2O1)[Si](C)(C)C. The van der Waals surface area contributed by atoms with Crippen molar-refractivity contribution in [1.29, 1.82) is 0 Å². The third kappa shape index (κ3) is 4.16. The fraction of sp³-hybridized carbons (Fsp3) is 0.500. The first kappa shape index (κ1) is 18.2. The topological polar surface area (TPSA) is 36.9 Å². The lowest BCUT2D eigenvalue weighted by molar-refractivity contribution is -0.258. The van der Waals surface area contributed by atoms with Crippen LogP contribution in [0, 0.1) is 0 Å². The highest BCUT2D eigenvalue weighted by atomic mass is 28.3. The number of methoxy groups -OCH3 is 1. The van der Waals surface area contributed by atoms with Crippen LogP contribution in [0.25, 0.3) is 0 Å². The van der Waals surface area contributed by atoms with Crippen molar-refractivity contribution >= 4 is 8.07 Å². The smallest absolute Gasteiger partial charge is 0.184 e. The van der Waals surface area contributed by atoms with E-state index in [9.17, 15) is 0 Å². The van der Waals surface area contributed by atoms with Crippen LogP contribution >= 0.6 is 0 Å². The van der Waals surface area contributed by atoms with Crippen molar-refractivity contribution in [1.82, 2.24) is 0 Å². The maximum absolute atomic E-state index is 6.25. The van der Waals surface area contributed by atoms with E-state index >= 15 is 0 Å². The molecule has 3 atom stereocenters.